The summed E-state index contributed by atoms with van der Waals surface area (Å²) >= 11 is 0. The van der Waals surface area contributed by atoms with Gasteiger partial charge in [-0.1, -0.05) is 18.7 Å². The summed E-state index contributed by atoms with van der Waals surface area (Å²) in [4.78, 5) is 4.36. The molecule has 1 aromatic heterocycles. The predicted molar refractivity (Wildman–Crippen MR) is 79.1 cm³/mol. The Bertz CT molecular complexity index is 605. The van der Waals surface area contributed by atoms with Crippen LogP contribution in [-0.4, -0.2) is 10.1 Å². The van der Waals surface area contributed by atoms with E-state index in [9.17, 15) is 5.11 Å². The van der Waals surface area contributed by atoms with Gasteiger partial charge >= 0.3 is 0 Å². The number of hydrogen-bond acceptors (Lipinski definition) is 3. The second-order valence-electron chi connectivity index (χ2n) is 4.66. The molecule has 0 aliphatic carbocycles. The maximum Gasteiger partial charge on any atom is 0.133 e. The van der Waals surface area contributed by atoms with Gasteiger partial charge in [-0.25, -0.2) is 4.98 Å². The van der Waals surface area contributed by atoms with Gasteiger partial charge in [0.25, 0.3) is 0 Å². The van der Waals surface area contributed by atoms with Gasteiger partial charge in [-0.05, 0) is 48.7 Å². The molecule has 0 amide bonds. The summed E-state index contributed by atoms with van der Waals surface area (Å²) < 4.78 is 0. The second-order valence-corrected chi connectivity index (χ2v) is 4.66. The molecule has 2 N–H and O–H groups in total. The minimum absolute atomic E-state index is 0.275. The van der Waals surface area contributed by atoms with Gasteiger partial charge in [-0.15, -0.1) is 0 Å². The van der Waals surface area contributed by atoms with Crippen molar-refractivity contribution >= 4 is 11.4 Å². The van der Waals surface area contributed by atoms with E-state index in [1.54, 1.807) is 18.3 Å². The van der Waals surface area contributed by atoms with Gasteiger partial charge in [0.05, 0.1) is 0 Å². The lowest BCUT2D eigenvalue weighted by Gasteiger charge is -2.13. The first kappa shape index (κ1) is 13.1. The summed E-state index contributed by atoms with van der Waals surface area (Å²) in [5, 5.41) is 12.7. The van der Waals surface area contributed by atoms with Crippen molar-refractivity contribution in [1.29, 1.82) is 0 Å². The molecule has 0 saturated heterocycles. The van der Waals surface area contributed by atoms with Gasteiger partial charge in [0.2, 0.25) is 0 Å². The molecule has 3 heteroatoms. The fraction of sp³-hybridized carbons (Fsp3) is 0.188. The number of anilines is 1. The first-order chi connectivity index (χ1) is 9.08. The minimum atomic E-state index is 0.275. The summed E-state index contributed by atoms with van der Waals surface area (Å²) in [6.45, 7) is 8.63. The van der Waals surface area contributed by atoms with Crippen LogP contribution in [0.5, 0.6) is 5.75 Å². The fourth-order valence-electron chi connectivity index (χ4n) is 2.08. The molecule has 0 spiro atoms. The molecular formula is C16H18N2O. The van der Waals surface area contributed by atoms with Gasteiger partial charge in [0.15, 0.2) is 0 Å². The van der Waals surface area contributed by atoms with Gasteiger partial charge < -0.3 is 10.4 Å². The minimum Gasteiger partial charge on any atom is -0.508 e. The molecule has 2 aromatic rings. The lowest BCUT2D eigenvalue weighted by atomic mass is 10.0. The highest BCUT2D eigenvalue weighted by Crippen LogP contribution is 2.24. The smallest absolute Gasteiger partial charge is 0.133 e. The van der Waals surface area contributed by atoms with Crippen molar-refractivity contribution in [2.24, 2.45) is 0 Å². The molecule has 0 bridgehead atoms. The maximum absolute atomic E-state index is 9.44. The standard InChI is InChI=1S/C16H18N2O/c1-11(2)15-12(3)7-8-17-16(15)18-10-13-5-4-6-14(19)9-13/h4-9,19H,1,10H2,2-3H3,(H,17,18). The number of aryl methyl sites for hydroxylation is 1. The third-order valence-corrected chi connectivity index (χ3v) is 2.96. The van der Waals surface area contributed by atoms with Crippen LogP contribution < -0.4 is 5.32 Å². The zero-order valence-electron chi connectivity index (χ0n) is 11.3. The van der Waals surface area contributed by atoms with Crippen LogP contribution in [0.1, 0.15) is 23.6 Å². The van der Waals surface area contributed by atoms with E-state index in [1.807, 2.05) is 32.0 Å². The topological polar surface area (TPSA) is 45.2 Å². The van der Waals surface area contributed by atoms with Crippen molar-refractivity contribution in [1.82, 2.24) is 4.98 Å². The summed E-state index contributed by atoms with van der Waals surface area (Å²) in [6, 6.07) is 9.17. The lowest BCUT2D eigenvalue weighted by molar-refractivity contribution is 0.474. The highest BCUT2D eigenvalue weighted by Gasteiger charge is 2.07. The number of aromatic nitrogens is 1. The Labute approximate surface area is 113 Å². The van der Waals surface area contributed by atoms with Gasteiger partial charge in [0.1, 0.15) is 11.6 Å². The first-order valence-electron chi connectivity index (χ1n) is 6.21. The number of hydrogen-bond donors (Lipinski definition) is 2. The zero-order chi connectivity index (χ0) is 13.8. The number of nitrogens with zero attached hydrogens (tertiary/aromatic N) is 1. The Balaban J connectivity index is 2.20. The summed E-state index contributed by atoms with van der Waals surface area (Å²) in [5.41, 5.74) is 4.21. The Kier molecular flexibility index (Phi) is 3.85. The molecule has 0 saturated carbocycles. The van der Waals surface area contributed by atoms with Crippen molar-refractivity contribution in [2.45, 2.75) is 20.4 Å². The predicted octanol–water partition coefficient (Wildman–Crippen LogP) is 3.74. The molecule has 0 aliphatic heterocycles. The number of pyridine rings is 1. The van der Waals surface area contributed by atoms with Gasteiger partial charge in [-0.3, -0.25) is 0 Å². The Morgan fingerprint density at radius 3 is 2.84 bits per heavy atom. The van der Waals surface area contributed by atoms with E-state index < -0.39 is 0 Å². The largest absolute Gasteiger partial charge is 0.508 e. The maximum atomic E-state index is 9.44. The number of phenolic OH excluding ortho intramolecular Hbond substituents is 1. The van der Waals surface area contributed by atoms with Crippen molar-refractivity contribution in [3.63, 3.8) is 0 Å². The van der Waals surface area contributed by atoms with E-state index in [1.165, 1.54) is 0 Å². The molecule has 0 aliphatic rings. The molecule has 1 aromatic carbocycles. The average molecular weight is 254 g/mol. The van der Waals surface area contributed by atoms with Crippen molar-refractivity contribution in [3.8, 4) is 5.75 Å². The van der Waals surface area contributed by atoms with Gasteiger partial charge in [-0.2, -0.15) is 0 Å². The van der Waals surface area contributed by atoms with E-state index >= 15 is 0 Å². The summed E-state index contributed by atoms with van der Waals surface area (Å²) in [5.74, 6) is 1.10. The van der Waals surface area contributed by atoms with Crippen LogP contribution in [0, 0.1) is 6.92 Å². The Morgan fingerprint density at radius 1 is 1.37 bits per heavy atom. The normalized spacial score (nSPS) is 10.2. The van der Waals surface area contributed by atoms with Crippen LogP contribution in [0.2, 0.25) is 0 Å². The molecule has 19 heavy (non-hydrogen) atoms. The molecule has 0 fully saturated rings. The van der Waals surface area contributed by atoms with E-state index in [2.05, 4.69) is 16.9 Å². The molecule has 0 atom stereocenters. The SMILES string of the molecule is C=C(C)c1c(C)ccnc1NCc1cccc(O)c1. The summed E-state index contributed by atoms with van der Waals surface area (Å²) in [7, 11) is 0. The quantitative estimate of drug-likeness (QED) is 0.873. The Morgan fingerprint density at radius 2 is 2.16 bits per heavy atom. The first-order valence-corrected chi connectivity index (χ1v) is 6.21. The highest BCUT2D eigenvalue weighted by atomic mass is 16.3. The molecule has 0 radical (unpaired) electrons. The molecule has 98 valence electrons. The van der Waals surface area contributed by atoms with Crippen molar-refractivity contribution in [2.75, 3.05) is 5.32 Å². The van der Waals surface area contributed by atoms with Crippen LogP contribution in [-0.2, 0) is 6.54 Å². The van der Waals surface area contributed by atoms with Crippen LogP contribution in [0.3, 0.4) is 0 Å². The number of rotatable bonds is 4. The number of nitrogens with one attached hydrogen (secondary N) is 1. The molecule has 3 nitrogen and oxygen atoms in total. The van der Waals surface area contributed by atoms with Crippen LogP contribution >= 0.6 is 0 Å². The lowest BCUT2D eigenvalue weighted by Crippen LogP contribution is -2.05. The van der Waals surface area contributed by atoms with Crippen LogP contribution in [0.25, 0.3) is 5.57 Å². The van der Waals surface area contributed by atoms with E-state index in [0.29, 0.717) is 6.54 Å². The fourth-order valence-corrected chi connectivity index (χ4v) is 2.08. The van der Waals surface area contributed by atoms with E-state index in [-0.39, 0.29) is 5.75 Å². The third-order valence-electron chi connectivity index (χ3n) is 2.96. The number of allylic oxidation sites excluding steroid dienone is 1. The molecule has 0 unspecified atom stereocenters. The van der Waals surface area contributed by atoms with Gasteiger partial charge in [0, 0.05) is 18.3 Å². The molecular weight excluding hydrogens is 236 g/mol. The third kappa shape index (κ3) is 3.13. The van der Waals surface area contributed by atoms with E-state index in [4.69, 9.17) is 0 Å². The Hall–Kier alpha value is -2.29. The summed E-state index contributed by atoms with van der Waals surface area (Å²) in [6.07, 6.45) is 1.78. The number of aromatic hydroxyl groups is 1. The monoisotopic (exact) mass is 254 g/mol. The second kappa shape index (κ2) is 5.57. The number of phenols is 1. The molecule has 1 heterocycles. The highest BCUT2D eigenvalue weighted by molar-refractivity contribution is 5.73. The van der Waals surface area contributed by atoms with Crippen LogP contribution in [0.4, 0.5) is 5.82 Å². The van der Waals surface area contributed by atoms with Crippen LogP contribution in [0.15, 0.2) is 43.1 Å². The van der Waals surface area contributed by atoms with E-state index in [0.717, 1.165) is 28.1 Å². The van der Waals surface area contributed by atoms with Crippen molar-refractivity contribution in [3.05, 3.63) is 59.8 Å². The van der Waals surface area contributed by atoms with Crippen molar-refractivity contribution < 1.29 is 5.11 Å². The molecule has 2 rings (SSSR count). The zero-order valence-corrected chi connectivity index (χ0v) is 11.3. The average Bonchev–Trinajstić information content (AvgIpc) is 2.36. The number of benzene rings is 1.